The van der Waals surface area contributed by atoms with Gasteiger partial charge in [-0.3, -0.25) is 4.98 Å². The highest BCUT2D eigenvalue weighted by atomic mass is 15.3. The number of fused-ring (bicyclic) bond motifs is 2. The van der Waals surface area contributed by atoms with Crippen molar-refractivity contribution in [2.24, 2.45) is 5.92 Å². The van der Waals surface area contributed by atoms with Crippen molar-refractivity contribution in [1.82, 2.24) is 14.8 Å². The molecule has 3 heteroatoms. The highest BCUT2D eigenvalue weighted by molar-refractivity contribution is 5.89. The molecule has 4 rings (SSSR count). The Balaban J connectivity index is 2.06. The minimum absolute atomic E-state index is 0.721. The number of nitrogens with zero attached hydrogens (tertiary/aromatic N) is 3. The predicted molar refractivity (Wildman–Crippen MR) is 84.8 cm³/mol. The van der Waals surface area contributed by atoms with Crippen LogP contribution in [0.15, 0.2) is 36.5 Å². The maximum Gasteiger partial charge on any atom is 0.0789 e. The van der Waals surface area contributed by atoms with Crippen LogP contribution in [-0.4, -0.2) is 14.8 Å². The molecule has 0 amide bonds. The van der Waals surface area contributed by atoms with Crippen LogP contribution in [0.25, 0.3) is 16.6 Å². The van der Waals surface area contributed by atoms with Crippen molar-refractivity contribution in [2.45, 2.75) is 33.1 Å². The molecule has 0 N–H and O–H groups in total. The Bertz CT molecular complexity index is 816. The Kier molecular flexibility index (Phi) is 2.81. The molecule has 0 fully saturated rings. The number of pyridine rings is 1. The fraction of sp³-hybridized carbons (Fsp3) is 0.333. The number of benzene rings is 1. The lowest BCUT2D eigenvalue weighted by molar-refractivity contribution is 0.492. The molecular weight excluding hydrogens is 258 g/mol. The maximum atomic E-state index is 4.92. The van der Waals surface area contributed by atoms with Crippen molar-refractivity contribution < 1.29 is 0 Å². The highest BCUT2D eigenvalue weighted by Crippen LogP contribution is 2.33. The van der Waals surface area contributed by atoms with Gasteiger partial charge in [0.2, 0.25) is 0 Å². The summed E-state index contributed by atoms with van der Waals surface area (Å²) in [6, 6.07) is 10.5. The summed E-state index contributed by atoms with van der Waals surface area (Å²) in [5.41, 5.74) is 6.00. The first-order valence-corrected chi connectivity index (χ1v) is 7.65. The number of aryl methyl sites for hydroxylation is 1. The van der Waals surface area contributed by atoms with Crippen molar-refractivity contribution >= 4 is 10.9 Å². The van der Waals surface area contributed by atoms with Crippen LogP contribution in [-0.2, 0) is 12.8 Å². The number of rotatable bonds is 1. The molecule has 106 valence electrons. The summed E-state index contributed by atoms with van der Waals surface area (Å²) < 4.78 is 2.04. The fourth-order valence-corrected chi connectivity index (χ4v) is 3.34. The Morgan fingerprint density at radius 2 is 2.05 bits per heavy atom. The smallest absolute Gasteiger partial charge is 0.0789 e. The van der Waals surface area contributed by atoms with Crippen LogP contribution < -0.4 is 0 Å². The Morgan fingerprint density at radius 3 is 2.86 bits per heavy atom. The van der Waals surface area contributed by atoms with Crippen LogP contribution in [0, 0.1) is 12.8 Å². The van der Waals surface area contributed by atoms with Gasteiger partial charge >= 0.3 is 0 Å². The number of hydrogen-bond acceptors (Lipinski definition) is 2. The van der Waals surface area contributed by atoms with Crippen LogP contribution in [0.5, 0.6) is 0 Å². The summed E-state index contributed by atoms with van der Waals surface area (Å²) in [5, 5.41) is 5.85. The summed E-state index contributed by atoms with van der Waals surface area (Å²) in [4.78, 5) is 4.92. The maximum absolute atomic E-state index is 4.92. The van der Waals surface area contributed by atoms with E-state index in [4.69, 9.17) is 4.98 Å². The molecule has 0 saturated heterocycles. The van der Waals surface area contributed by atoms with Gasteiger partial charge in [-0.15, -0.1) is 0 Å². The third-order valence-electron chi connectivity index (χ3n) is 4.43. The van der Waals surface area contributed by atoms with Gasteiger partial charge in [0, 0.05) is 22.8 Å². The zero-order valence-corrected chi connectivity index (χ0v) is 12.5. The van der Waals surface area contributed by atoms with Crippen LogP contribution >= 0.6 is 0 Å². The molecule has 1 unspecified atom stereocenters. The lowest BCUT2D eigenvalue weighted by Gasteiger charge is -2.24. The minimum Gasteiger partial charge on any atom is -0.252 e. The fourth-order valence-electron chi connectivity index (χ4n) is 3.34. The summed E-state index contributed by atoms with van der Waals surface area (Å²) in [5.74, 6) is 0.721. The van der Waals surface area contributed by atoms with Crippen LogP contribution in [0.3, 0.4) is 0 Å². The molecule has 0 radical (unpaired) electrons. The second-order valence-corrected chi connectivity index (χ2v) is 6.15. The summed E-state index contributed by atoms with van der Waals surface area (Å²) in [6.45, 7) is 4.35. The molecule has 1 aliphatic rings. The van der Waals surface area contributed by atoms with Crippen molar-refractivity contribution in [3.05, 3.63) is 53.5 Å². The molecule has 3 nitrogen and oxygen atoms in total. The van der Waals surface area contributed by atoms with E-state index < -0.39 is 0 Å². The van der Waals surface area contributed by atoms with Gasteiger partial charge in [0.15, 0.2) is 0 Å². The summed E-state index contributed by atoms with van der Waals surface area (Å²) in [7, 11) is 0. The van der Waals surface area contributed by atoms with Crippen LogP contribution in [0.4, 0.5) is 0 Å². The largest absolute Gasteiger partial charge is 0.252 e. The lowest BCUT2D eigenvalue weighted by Crippen LogP contribution is -2.16. The van der Waals surface area contributed by atoms with Gasteiger partial charge in [0.25, 0.3) is 0 Å². The summed E-state index contributed by atoms with van der Waals surface area (Å²) in [6.07, 6.45) is 5.48. The molecule has 21 heavy (non-hydrogen) atoms. The second-order valence-electron chi connectivity index (χ2n) is 6.15. The van der Waals surface area contributed by atoms with E-state index >= 15 is 0 Å². The molecule has 1 atom stereocenters. The topological polar surface area (TPSA) is 30.7 Å². The minimum atomic E-state index is 0.721. The van der Waals surface area contributed by atoms with Crippen molar-refractivity contribution in [1.29, 1.82) is 0 Å². The van der Waals surface area contributed by atoms with Gasteiger partial charge in [0.1, 0.15) is 0 Å². The van der Waals surface area contributed by atoms with E-state index in [1.807, 2.05) is 11.6 Å². The average molecular weight is 277 g/mol. The molecule has 0 aliphatic heterocycles. The molecule has 1 aromatic carbocycles. The first kappa shape index (κ1) is 12.6. The van der Waals surface area contributed by atoms with Gasteiger partial charge < -0.3 is 0 Å². The monoisotopic (exact) mass is 277 g/mol. The van der Waals surface area contributed by atoms with Crippen molar-refractivity contribution in [2.75, 3.05) is 0 Å². The number of para-hydroxylation sites is 1. The van der Waals surface area contributed by atoms with Gasteiger partial charge in [0.05, 0.1) is 16.9 Å². The molecule has 0 spiro atoms. The van der Waals surface area contributed by atoms with Crippen LogP contribution in [0.1, 0.15) is 30.3 Å². The molecule has 0 saturated carbocycles. The standard InChI is InChI=1S/C18H19N3/c1-12-7-8-15-17(11-12)19-16-6-4-3-5-14(16)18(15)21-10-9-13(2)20-21/h3-6,9-10,12H,7-8,11H2,1-2H3. The van der Waals surface area contributed by atoms with E-state index in [1.54, 1.807) is 0 Å². The van der Waals surface area contributed by atoms with Crippen molar-refractivity contribution in [3.8, 4) is 5.69 Å². The van der Waals surface area contributed by atoms with Crippen molar-refractivity contribution in [3.63, 3.8) is 0 Å². The van der Waals surface area contributed by atoms with E-state index in [0.717, 1.165) is 30.0 Å². The molecule has 1 aliphatic carbocycles. The molecule has 2 heterocycles. The third kappa shape index (κ3) is 2.04. The van der Waals surface area contributed by atoms with E-state index in [-0.39, 0.29) is 0 Å². The SMILES string of the molecule is Cc1ccn(-c2c3c(nc4ccccc24)CC(C)CC3)n1. The highest BCUT2D eigenvalue weighted by Gasteiger charge is 2.22. The first-order chi connectivity index (χ1) is 10.2. The molecular formula is C18H19N3. The van der Waals surface area contributed by atoms with E-state index in [2.05, 4.69) is 48.6 Å². The van der Waals surface area contributed by atoms with E-state index in [1.165, 1.54) is 28.8 Å². The number of aromatic nitrogens is 3. The van der Waals surface area contributed by atoms with Gasteiger partial charge in [-0.2, -0.15) is 5.10 Å². The normalized spacial score (nSPS) is 17.9. The molecule has 0 bridgehead atoms. The lowest BCUT2D eigenvalue weighted by atomic mass is 9.86. The second kappa shape index (κ2) is 4.69. The summed E-state index contributed by atoms with van der Waals surface area (Å²) >= 11 is 0. The average Bonchev–Trinajstić information content (AvgIpc) is 2.90. The van der Waals surface area contributed by atoms with E-state index in [0.29, 0.717) is 0 Å². The Hall–Kier alpha value is -2.16. The molecule has 3 aromatic rings. The molecule has 2 aromatic heterocycles. The number of hydrogen-bond donors (Lipinski definition) is 0. The van der Waals surface area contributed by atoms with E-state index in [9.17, 15) is 0 Å². The zero-order chi connectivity index (χ0) is 14.4. The predicted octanol–water partition coefficient (Wildman–Crippen LogP) is 3.85. The third-order valence-corrected chi connectivity index (χ3v) is 4.43. The first-order valence-electron chi connectivity index (χ1n) is 7.65. The quantitative estimate of drug-likeness (QED) is 0.676. The van der Waals surface area contributed by atoms with Gasteiger partial charge in [-0.05, 0) is 44.2 Å². The van der Waals surface area contributed by atoms with Crippen LogP contribution in [0.2, 0.25) is 0 Å². The zero-order valence-electron chi connectivity index (χ0n) is 12.5. The van der Waals surface area contributed by atoms with Gasteiger partial charge in [-0.1, -0.05) is 25.1 Å². The Morgan fingerprint density at radius 1 is 1.19 bits per heavy atom. The Labute approximate surface area is 124 Å². The van der Waals surface area contributed by atoms with Gasteiger partial charge in [-0.25, -0.2) is 4.68 Å².